The second kappa shape index (κ2) is 8.55. The molecule has 6 heteroatoms. The van der Waals surface area contributed by atoms with Gasteiger partial charge < -0.3 is 10.1 Å². The number of benzene rings is 1. The molecule has 1 aliphatic rings. The number of hydrogen-bond donors (Lipinski definition) is 1. The Hall–Kier alpha value is -1.26. The Balaban J connectivity index is 1.76. The largest absolute Gasteiger partial charge is 0.456 e. The number of hydrogen-bond acceptors (Lipinski definition) is 3. The van der Waals surface area contributed by atoms with Gasteiger partial charge in [-0.15, -0.1) is 0 Å². The van der Waals surface area contributed by atoms with Gasteiger partial charge in [-0.05, 0) is 43.4 Å². The van der Waals surface area contributed by atoms with E-state index in [2.05, 4.69) is 5.32 Å². The lowest BCUT2D eigenvalue weighted by molar-refractivity contribution is -0.149. The average Bonchev–Trinajstić information content (AvgIpc) is 2.97. The van der Waals surface area contributed by atoms with E-state index in [0.29, 0.717) is 22.4 Å². The summed E-state index contributed by atoms with van der Waals surface area (Å²) in [5.74, 6) is -0.232. The highest BCUT2D eigenvalue weighted by Crippen LogP contribution is 2.28. The van der Waals surface area contributed by atoms with Gasteiger partial charge in [0.15, 0.2) is 6.61 Å². The molecule has 1 aromatic rings. The van der Waals surface area contributed by atoms with Gasteiger partial charge in [-0.2, -0.15) is 0 Å². The van der Waals surface area contributed by atoms with Crippen molar-refractivity contribution < 1.29 is 14.3 Å². The maximum Gasteiger partial charge on any atom is 0.306 e. The SMILES string of the molecule is C[C@H](NC(=O)COC(=O)CC1CCCC1)c1ccc(Cl)cc1Cl. The molecule has 1 saturated carbocycles. The van der Waals surface area contributed by atoms with Crippen molar-refractivity contribution in [2.45, 2.75) is 45.1 Å². The van der Waals surface area contributed by atoms with Gasteiger partial charge >= 0.3 is 5.97 Å². The molecule has 2 rings (SSSR count). The normalized spacial score (nSPS) is 16.1. The summed E-state index contributed by atoms with van der Waals surface area (Å²) in [6.07, 6.45) is 4.92. The molecule has 1 aromatic carbocycles. The van der Waals surface area contributed by atoms with Gasteiger partial charge in [0.05, 0.1) is 6.04 Å². The lowest BCUT2D eigenvalue weighted by Crippen LogP contribution is -2.31. The predicted molar refractivity (Wildman–Crippen MR) is 90.6 cm³/mol. The zero-order valence-corrected chi connectivity index (χ0v) is 14.6. The van der Waals surface area contributed by atoms with E-state index in [1.165, 1.54) is 12.8 Å². The minimum atomic E-state index is -0.344. The monoisotopic (exact) mass is 357 g/mol. The fraction of sp³-hybridized carbons (Fsp3) is 0.529. The summed E-state index contributed by atoms with van der Waals surface area (Å²) in [6.45, 7) is 1.55. The predicted octanol–water partition coefficient (Wildman–Crippen LogP) is 4.29. The van der Waals surface area contributed by atoms with Crippen molar-refractivity contribution >= 4 is 35.1 Å². The molecule has 1 amide bonds. The maximum atomic E-state index is 11.9. The number of rotatable bonds is 6. The first-order valence-corrected chi connectivity index (χ1v) is 8.61. The van der Waals surface area contributed by atoms with Gasteiger partial charge in [-0.3, -0.25) is 9.59 Å². The molecule has 0 aliphatic heterocycles. The second-order valence-electron chi connectivity index (χ2n) is 5.97. The molecule has 1 N–H and O–H groups in total. The van der Waals surface area contributed by atoms with Crippen LogP contribution in [0.15, 0.2) is 18.2 Å². The zero-order valence-electron chi connectivity index (χ0n) is 13.1. The topological polar surface area (TPSA) is 55.4 Å². The van der Waals surface area contributed by atoms with Crippen molar-refractivity contribution in [3.8, 4) is 0 Å². The number of carbonyl (C=O) groups is 2. The zero-order chi connectivity index (χ0) is 16.8. The molecule has 1 atom stereocenters. The van der Waals surface area contributed by atoms with Crippen LogP contribution in [-0.2, 0) is 14.3 Å². The summed E-state index contributed by atoms with van der Waals surface area (Å²) in [5, 5.41) is 3.79. The standard InChI is InChI=1S/C17H21Cl2NO3/c1-11(14-7-6-13(18)9-15(14)19)20-16(21)10-23-17(22)8-12-4-2-3-5-12/h6-7,9,11-12H,2-5,8,10H2,1H3,(H,20,21)/t11-/m0/s1. The molecule has 0 heterocycles. The van der Waals surface area contributed by atoms with E-state index < -0.39 is 0 Å². The summed E-state index contributed by atoms with van der Waals surface area (Å²) in [6, 6.07) is 4.82. The molecule has 0 unspecified atom stereocenters. The highest BCUT2D eigenvalue weighted by atomic mass is 35.5. The molecule has 23 heavy (non-hydrogen) atoms. The van der Waals surface area contributed by atoms with E-state index in [1.54, 1.807) is 18.2 Å². The van der Waals surface area contributed by atoms with Gasteiger partial charge in [0, 0.05) is 16.5 Å². The first kappa shape index (κ1) is 18.1. The summed E-state index contributed by atoms with van der Waals surface area (Å²) in [4.78, 5) is 23.6. The lowest BCUT2D eigenvalue weighted by atomic mass is 10.0. The second-order valence-corrected chi connectivity index (χ2v) is 6.81. The van der Waals surface area contributed by atoms with E-state index in [-0.39, 0.29) is 24.5 Å². The van der Waals surface area contributed by atoms with Crippen LogP contribution in [0.5, 0.6) is 0 Å². The Morgan fingerprint density at radius 1 is 1.30 bits per heavy atom. The van der Waals surface area contributed by atoms with E-state index >= 15 is 0 Å². The molecule has 1 fully saturated rings. The summed E-state index contributed by atoms with van der Waals surface area (Å²) in [7, 11) is 0. The Labute approximate surface area is 146 Å². The van der Waals surface area contributed by atoms with Crippen LogP contribution in [0.4, 0.5) is 0 Å². The van der Waals surface area contributed by atoms with Gasteiger partial charge in [0.2, 0.25) is 0 Å². The summed E-state index contributed by atoms with van der Waals surface area (Å²) >= 11 is 12.0. The van der Waals surface area contributed by atoms with E-state index in [9.17, 15) is 9.59 Å². The van der Waals surface area contributed by atoms with Crippen molar-refractivity contribution in [1.82, 2.24) is 5.32 Å². The van der Waals surface area contributed by atoms with E-state index in [0.717, 1.165) is 18.4 Å². The van der Waals surface area contributed by atoms with Crippen molar-refractivity contribution in [3.63, 3.8) is 0 Å². The Morgan fingerprint density at radius 3 is 2.65 bits per heavy atom. The fourth-order valence-electron chi connectivity index (χ4n) is 2.87. The van der Waals surface area contributed by atoms with Crippen LogP contribution in [0, 0.1) is 5.92 Å². The lowest BCUT2D eigenvalue weighted by Gasteiger charge is -2.16. The highest BCUT2D eigenvalue weighted by molar-refractivity contribution is 6.35. The Bertz CT molecular complexity index is 571. The molecule has 0 spiro atoms. The van der Waals surface area contributed by atoms with Crippen LogP contribution in [0.1, 0.15) is 50.6 Å². The smallest absolute Gasteiger partial charge is 0.306 e. The first-order valence-electron chi connectivity index (χ1n) is 7.85. The molecular weight excluding hydrogens is 337 g/mol. The summed E-state index contributed by atoms with van der Waals surface area (Å²) in [5.41, 5.74) is 0.765. The van der Waals surface area contributed by atoms with Gasteiger partial charge in [0.1, 0.15) is 0 Å². The Morgan fingerprint density at radius 2 is 2.00 bits per heavy atom. The van der Waals surface area contributed by atoms with Gasteiger partial charge in [0.25, 0.3) is 5.91 Å². The number of carbonyl (C=O) groups excluding carboxylic acids is 2. The van der Waals surface area contributed by atoms with E-state index in [4.69, 9.17) is 27.9 Å². The van der Waals surface area contributed by atoms with Crippen molar-refractivity contribution in [2.24, 2.45) is 5.92 Å². The first-order chi connectivity index (χ1) is 11.0. The van der Waals surface area contributed by atoms with Crippen molar-refractivity contribution in [2.75, 3.05) is 6.61 Å². The molecular formula is C17H21Cl2NO3. The van der Waals surface area contributed by atoms with Crippen LogP contribution in [0.3, 0.4) is 0 Å². The molecule has 1 aliphatic carbocycles. The fourth-order valence-corrected chi connectivity index (χ4v) is 3.44. The number of esters is 1. The molecule has 0 bridgehead atoms. The molecule has 4 nitrogen and oxygen atoms in total. The third kappa shape index (κ3) is 5.70. The van der Waals surface area contributed by atoms with Crippen molar-refractivity contribution in [3.05, 3.63) is 33.8 Å². The van der Waals surface area contributed by atoms with Crippen LogP contribution >= 0.6 is 23.2 Å². The van der Waals surface area contributed by atoms with Gasteiger partial charge in [-0.1, -0.05) is 42.1 Å². The van der Waals surface area contributed by atoms with Crippen molar-refractivity contribution in [1.29, 1.82) is 0 Å². The van der Waals surface area contributed by atoms with Crippen LogP contribution in [0.2, 0.25) is 10.0 Å². The minimum Gasteiger partial charge on any atom is -0.456 e. The Kier molecular flexibility index (Phi) is 6.72. The maximum absolute atomic E-state index is 11.9. The molecule has 0 aromatic heterocycles. The third-order valence-corrected chi connectivity index (χ3v) is 4.66. The number of amides is 1. The number of ether oxygens (including phenoxy) is 1. The van der Waals surface area contributed by atoms with Crippen LogP contribution in [-0.4, -0.2) is 18.5 Å². The molecule has 0 radical (unpaired) electrons. The minimum absolute atomic E-state index is 0.263. The summed E-state index contributed by atoms with van der Waals surface area (Å²) < 4.78 is 5.05. The average molecular weight is 358 g/mol. The van der Waals surface area contributed by atoms with Crippen LogP contribution < -0.4 is 5.32 Å². The number of halogens is 2. The van der Waals surface area contributed by atoms with Crippen LogP contribution in [0.25, 0.3) is 0 Å². The number of nitrogens with one attached hydrogen (secondary N) is 1. The quantitative estimate of drug-likeness (QED) is 0.772. The van der Waals surface area contributed by atoms with Gasteiger partial charge in [-0.25, -0.2) is 0 Å². The molecule has 126 valence electrons. The highest BCUT2D eigenvalue weighted by Gasteiger charge is 2.20. The van der Waals surface area contributed by atoms with E-state index in [1.807, 2.05) is 6.92 Å². The third-order valence-electron chi connectivity index (χ3n) is 4.10. The molecule has 0 saturated heterocycles.